The summed E-state index contributed by atoms with van der Waals surface area (Å²) in [4.78, 5) is 15.4. The van der Waals surface area contributed by atoms with Gasteiger partial charge in [0.1, 0.15) is 0 Å². The molecular formula is C18H24N2O. The molecule has 0 radical (unpaired) electrons. The first kappa shape index (κ1) is 13.5. The average molecular weight is 284 g/mol. The Morgan fingerprint density at radius 1 is 1.24 bits per heavy atom. The van der Waals surface area contributed by atoms with Gasteiger partial charge in [0.15, 0.2) is 5.78 Å². The summed E-state index contributed by atoms with van der Waals surface area (Å²) in [6, 6.07) is 6.37. The number of rotatable bonds is 3. The minimum atomic E-state index is 0.134. The Morgan fingerprint density at radius 3 is 2.86 bits per heavy atom. The lowest BCUT2D eigenvalue weighted by Gasteiger charge is -2.34. The van der Waals surface area contributed by atoms with Crippen LogP contribution in [0.25, 0.3) is 0 Å². The summed E-state index contributed by atoms with van der Waals surface area (Å²) >= 11 is 0. The van der Waals surface area contributed by atoms with E-state index >= 15 is 0 Å². The Balaban J connectivity index is 1.68. The van der Waals surface area contributed by atoms with Crippen molar-refractivity contribution in [2.75, 3.05) is 13.1 Å². The molecule has 1 aromatic rings. The Morgan fingerprint density at radius 2 is 2.10 bits per heavy atom. The third kappa shape index (κ3) is 2.43. The summed E-state index contributed by atoms with van der Waals surface area (Å²) in [5, 5.41) is 0. The number of nitrogens with zero attached hydrogens (tertiary/aromatic N) is 1. The van der Waals surface area contributed by atoms with Crippen LogP contribution in [0.4, 0.5) is 0 Å². The van der Waals surface area contributed by atoms with Gasteiger partial charge in [-0.2, -0.15) is 0 Å². The molecule has 1 aliphatic heterocycles. The summed E-state index contributed by atoms with van der Waals surface area (Å²) in [6.07, 6.45) is 6.17. The molecule has 2 unspecified atom stereocenters. The van der Waals surface area contributed by atoms with Crippen LogP contribution in [0.15, 0.2) is 18.2 Å². The fourth-order valence-corrected chi connectivity index (χ4v) is 4.12. The van der Waals surface area contributed by atoms with Gasteiger partial charge in [0.25, 0.3) is 0 Å². The molecule has 0 amide bonds. The minimum absolute atomic E-state index is 0.134. The highest BCUT2D eigenvalue weighted by molar-refractivity contribution is 6.02. The molecule has 0 aromatic heterocycles. The van der Waals surface area contributed by atoms with E-state index in [-0.39, 0.29) is 6.04 Å². The first-order valence-corrected chi connectivity index (χ1v) is 8.37. The van der Waals surface area contributed by atoms with Crippen LogP contribution in [-0.2, 0) is 6.54 Å². The zero-order chi connectivity index (χ0) is 14.4. The maximum Gasteiger partial charge on any atom is 0.180 e. The maximum atomic E-state index is 12.9. The van der Waals surface area contributed by atoms with Gasteiger partial charge in [-0.3, -0.25) is 9.69 Å². The largest absolute Gasteiger partial charge is 0.326 e. The number of benzene rings is 1. The molecule has 112 valence electrons. The van der Waals surface area contributed by atoms with Crippen LogP contribution in [0.3, 0.4) is 0 Å². The number of likely N-dealkylation sites (tertiary alicyclic amines) is 1. The second-order valence-electron chi connectivity index (χ2n) is 7.02. The molecule has 2 aliphatic carbocycles. The number of hydrogen-bond acceptors (Lipinski definition) is 3. The highest BCUT2D eigenvalue weighted by atomic mass is 16.1. The molecule has 21 heavy (non-hydrogen) atoms. The molecular weight excluding hydrogens is 260 g/mol. The fraction of sp³-hybridized carbons (Fsp3) is 0.611. The number of ketones is 1. The monoisotopic (exact) mass is 284 g/mol. The van der Waals surface area contributed by atoms with Crippen molar-refractivity contribution in [1.82, 2.24) is 4.90 Å². The average Bonchev–Trinajstić information content (AvgIpc) is 3.33. The van der Waals surface area contributed by atoms with Crippen molar-refractivity contribution in [2.45, 2.75) is 50.6 Å². The van der Waals surface area contributed by atoms with E-state index in [0.717, 1.165) is 36.6 Å². The molecule has 2 fully saturated rings. The van der Waals surface area contributed by atoms with Crippen molar-refractivity contribution < 1.29 is 4.79 Å². The van der Waals surface area contributed by atoms with E-state index in [1.807, 2.05) is 12.1 Å². The zero-order valence-electron chi connectivity index (χ0n) is 12.6. The highest BCUT2D eigenvalue weighted by Crippen LogP contribution is 2.41. The third-order valence-electron chi connectivity index (χ3n) is 5.50. The quantitative estimate of drug-likeness (QED) is 0.928. The number of carbonyl (C=O) groups excluding carboxylic acids is 1. The molecule has 2 atom stereocenters. The van der Waals surface area contributed by atoms with Crippen molar-refractivity contribution in [3.05, 3.63) is 34.9 Å². The normalized spacial score (nSPS) is 29.1. The number of nitrogens with two attached hydrogens (primary N) is 1. The van der Waals surface area contributed by atoms with Gasteiger partial charge in [0.05, 0.1) is 6.04 Å². The van der Waals surface area contributed by atoms with E-state index in [1.165, 1.54) is 31.2 Å². The number of carbonyl (C=O) groups is 1. The minimum Gasteiger partial charge on any atom is -0.326 e. The van der Waals surface area contributed by atoms with E-state index in [0.29, 0.717) is 18.2 Å². The van der Waals surface area contributed by atoms with E-state index in [4.69, 9.17) is 5.73 Å². The predicted octanol–water partition coefficient (Wildman–Crippen LogP) is 2.69. The maximum absolute atomic E-state index is 12.9. The van der Waals surface area contributed by atoms with Gasteiger partial charge in [-0.15, -0.1) is 0 Å². The van der Waals surface area contributed by atoms with Gasteiger partial charge < -0.3 is 5.73 Å². The topological polar surface area (TPSA) is 46.3 Å². The summed E-state index contributed by atoms with van der Waals surface area (Å²) in [7, 11) is 0. The lowest BCUT2D eigenvalue weighted by molar-refractivity contribution is 0.0791. The molecule has 3 aliphatic rings. The second kappa shape index (κ2) is 5.22. The molecule has 3 nitrogen and oxygen atoms in total. The van der Waals surface area contributed by atoms with E-state index in [1.54, 1.807) is 0 Å². The molecule has 0 spiro atoms. The van der Waals surface area contributed by atoms with Crippen LogP contribution < -0.4 is 5.73 Å². The van der Waals surface area contributed by atoms with Gasteiger partial charge in [-0.05, 0) is 61.6 Å². The summed E-state index contributed by atoms with van der Waals surface area (Å²) in [5.74, 6) is 1.76. The van der Waals surface area contributed by atoms with Gasteiger partial charge in [0, 0.05) is 18.7 Å². The fourth-order valence-electron chi connectivity index (χ4n) is 4.12. The first-order chi connectivity index (χ1) is 10.3. The number of Topliss-reactive ketones (excluding diaryl/α,β-unsaturated/α-hetero) is 1. The standard InChI is InChI=1S/C18H24N2O/c19-10-13-5-6-15-16(8-13)14-2-1-7-20(11-12-3-4-12)17(9-14)18(15)21/h5-6,8,12,14,17H,1-4,7,9-11,19H2. The van der Waals surface area contributed by atoms with Crippen LogP contribution >= 0.6 is 0 Å². The Labute approximate surface area is 126 Å². The van der Waals surface area contributed by atoms with Crippen molar-refractivity contribution >= 4 is 5.78 Å². The van der Waals surface area contributed by atoms with Gasteiger partial charge >= 0.3 is 0 Å². The smallest absolute Gasteiger partial charge is 0.180 e. The van der Waals surface area contributed by atoms with Crippen LogP contribution in [0.2, 0.25) is 0 Å². The van der Waals surface area contributed by atoms with E-state index < -0.39 is 0 Å². The van der Waals surface area contributed by atoms with Gasteiger partial charge in [0.2, 0.25) is 0 Å². The summed E-state index contributed by atoms with van der Waals surface area (Å²) in [5.41, 5.74) is 9.16. The van der Waals surface area contributed by atoms with Crippen molar-refractivity contribution in [3.8, 4) is 0 Å². The van der Waals surface area contributed by atoms with Crippen LogP contribution in [0, 0.1) is 5.92 Å². The van der Waals surface area contributed by atoms with Crippen LogP contribution in [0.1, 0.15) is 59.5 Å². The van der Waals surface area contributed by atoms with E-state index in [2.05, 4.69) is 11.0 Å². The molecule has 3 heteroatoms. The SMILES string of the molecule is NCc1ccc2c(c1)C1CCCN(CC3CC3)C(C1)C2=O. The van der Waals surface area contributed by atoms with Crippen LogP contribution in [-0.4, -0.2) is 29.8 Å². The highest BCUT2D eigenvalue weighted by Gasteiger charge is 2.40. The van der Waals surface area contributed by atoms with Crippen LogP contribution in [0.5, 0.6) is 0 Å². The zero-order valence-corrected chi connectivity index (χ0v) is 12.6. The molecule has 4 rings (SSSR count). The molecule has 1 saturated heterocycles. The number of fused-ring (bicyclic) bond motifs is 4. The first-order valence-electron chi connectivity index (χ1n) is 8.37. The van der Waals surface area contributed by atoms with Gasteiger partial charge in [-0.25, -0.2) is 0 Å². The Kier molecular flexibility index (Phi) is 3.35. The Hall–Kier alpha value is -1.19. The molecule has 1 aromatic carbocycles. The molecule has 1 saturated carbocycles. The lowest BCUT2D eigenvalue weighted by Crippen LogP contribution is -2.44. The van der Waals surface area contributed by atoms with Crippen molar-refractivity contribution in [1.29, 1.82) is 0 Å². The number of hydrogen-bond donors (Lipinski definition) is 1. The predicted molar refractivity (Wildman–Crippen MR) is 83.3 cm³/mol. The second-order valence-corrected chi connectivity index (χ2v) is 7.02. The molecule has 2 bridgehead atoms. The summed E-state index contributed by atoms with van der Waals surface area (Å²) in [6.45, 7) is 2.80. The van der Waals surface area contributed by atoms with Crippen molar-refractivity contribution in [3.63, 3.8) is 0 Å². The van der Waals surface area contributed by atoms with Crippen molar-refractivity contribution in [2.24, 2.45) is 11.7 Å². The summed E-state index contributed by atoms with van der Waals surface area (Å²) < 4.78 is 0. The Bertz CT molecular complexity index is 564. The van der Waals surface area contributed by atoms with E-state index in [9.17, 15) is 4.79 Å². The molecule has 2 N–H and O–H groups in total. The third-order valence-corrected chi connectivity index (χ3v) is 5.50. The molecule has 1 heterocycles. The van der Waals surface area contributed by atoms with Gasteiger partial charge in [-0.1, -0.05) is 18.2 Å². The lowest BCUT2D eigenvalue weighted by atomic mass is 9.77.